The summed E-state index contributed by atoms with van der Waals surface area (Å²) in [7, 11) is 1.55. The normalized spacial score (nSPS) is 22.5. The number of likely N-dealkylation sites (tertiary alicyclic amines) is 1. The van der Waals surface area contributed by atoms with E-state index >= 15 is 0 Å². The monoisotopic (exact) mass is 994 g/mol. The number of aliphatic hydroxyl groups excluding tert-OH is 1. The van der Waals surface area contributed by atoms with Gasteiger partial charge in [0.15, 0.2) is 23.5 Å². The van der Waals surface area contributed by atoms with Gasteiger partial charge >= 0.3 is 6.09 Å². The van der Waals surface area contributed by atoms with E-state index in [0.29, 0.717) is 117 Å². The lowest BCUT2D eigenvalue weighted by Gasteiger charge is -2.31. The Balaban J connectivity index is 0.819. The van der Waals surface area contributed by atoms with E-state index in [0.717, 1.165) is 24.9 Å². The van der Waals surface area contributed by atoms with Crippen molar-refractivity contribution in [2.24, 2.45) is 16.8 Å². The molecule has 3 unspecified atom stereocenters. The lowest BCUT2D eigenvalue weighted by molar-refractivity contribution is -0.138. The average Bonchev–Trinajstić information content (AvgIpc) is 4.00. The smallest absolute Gasteiger partial charge is 0.416 e. The highest BCUT2D eigenvalue weighted by Gasteiger charge is 2.47. The van der Waals surface area contributed by atoms with Crippen molar-refractivity contribution in [3.8, 4) is 17.2 Å². The molecule has 5 heterocycles. The highest BCUT2D eigenvalue weighted by atomic mass is 32.2. The lowest BCUT2D eigenvalue weighted by Crippen LogP contribution is -2.50. The van der Waals surface area contributed by atoms with E-state index < -0.39 is 18.4 Å². The van der Waals surface area contributed by atoms with Crippen LogP contribution in [-0.4, -0.2) is 138 Å². The van der Waals surface area contributed by atoms with Gasteiger partial charge < -0.3 is 39.2 Å². The van der Waals surface area contributed by atoms with Crippen molar-refractivity contribution in [1.29, 1.82) is 0 Å². The Morgan fingerprint density at radius 1 is 0.831 bits per heavy atom. The summed E-state index contributed by atoms with van der Waals surface area (Å²) >= 11 is 1.40. The molecule has 380 valence electrons. The molecule has 6 atom stereocenters. The summed E-state index contributed by atoms with van der Waals surface area (Å²) in [6.07, 6.45) is 7.80. The van der Waals surface area contributed by atoms with Gasteiger partial charge in [-0.05, 0) is 105 Å². The molecule has 5 amide bonds. The van der Waals surface area contributed by atoms with Crippen LogP contribution in [0.25, 0.3) is 0 Å². The highest BCUT2D eigenvalue weighted by molar-refractivity contribution is 8.00. The van der Waals surface area contributed by atoms with E-state index in [4.69, 9.17) is 18.9 Å². The number of benzene rings is 3. The topological polar surface area (TPSA) is 197 Å². The molecule has 5 aliphatic rings. The third-order valence-corrected chi connectivity index (χ3v) is 15.0. The van der Waals surface area contributed by atoms with Crippen LogP contribution in [0.5, 0.6) is 17.2 Å². The summed E-state index contributed by atoms with van der Waals surface area (Å²) in [5.41, 5.74) is 3.68. The predicted molar refractivity (Wildman–Crippen MR) is 270 cm³/mol. The van der Waals surface area contributed by atoms with Gasteiger partial charge in [-0.2, -0.15) is 11.8 Å². The number of carbonyl (C=O) groups is 6. The van der Waals surface area contributed by atoms with Gasteiger partial charge in [0.1, 0.15) is 12.4 Å². The van der Waals surface area contributed by atoms with Crippen molar-refractivity contribution >= 4 is 70.5 Å². The second kappa shape index (κ2) is 22.9. The van der Waals surface area contributed by atoms with Gasteiger partial charge in [-0.1, -0.05) is 32.4 Å². The number of rotatable bonds is 21. The van der Waals surface area contributed by atoms with Crippen LogP contribution in [0.3, 0.4) is 0 Å². The molecule has 0 aromatic heterocycles. The second-order valence-electron chi connectivity index (χ2n) is 19.5. The minimum Gasteiger partial charge on any atom is -0.493 e. The van der Waals surface area contributed by atoms with E-state index in [1.54, 1.807) is 60.5 Å². The number of Topliss-reactive ketones (excluding diaryl/α,β-unsaturated/α-hetero) is 1. The number of aliphatic imine (C=N–C) groups is 1. The molecular weight excluding hydrogens is 929 g/mol. The number of anilines is 2. The average molecular weight is 995 g/mol. The molecule has 2 N–H and O–H groups in total. The number of amides is 5. The molecule has 18 heteroatoms. The predicted octanol–water partition coefficient (Wildman–Crippen LogP) is 7.56. The number of carbonyl (C=O) groups excluding carboxylic acids is 6. The summed E-state index contributed by atoms with van der Waals surface area (Å²) in [6.45, 7) is 8.34. The first-order chi connectivity index (χ1) is 34.2. The van der Waals surface area contributed by atoms with Crippen molar-refractivity contribution in [3.05, 3.63) is 70.8 Å². The van der Waals surface area contributed by atoms with Crippen molar-refractivity contribution in [2.45, 2.75) is 115 Å². The number of nitrogens with zero attached hydrogens (tertiary/aromatic N) is 5. The third-order valence-electron chi connectivity index (χ3n) is 14.0. The maximum absolute atomic E-state index is 14.1. The first kappa shape index (κ1) is 51.2. The molecule has 0 saturated carbocycles. The first-order valence-electron chi connectivity index (χ1n) is 24.9. The number of hydrogen-bond donors (Lipinski definition) is 2. The standard InChI is InChI=1S/C53H66N6O11S/c1-32-20-37-27-55-41-24-46(45(67-4)23-39(41)49(62)57(37)29-32)69-19-11-7-10-18-68-44-25-42-40(22-34(44)3)50(63)58-30-33(2)21-43(58)51(64)59(42)53(66)70-31-35-13-15-36(16-14-35)54-28-38(60)12-8-6-9-17-56-48(61)26-47(71-5)52(56)65/h13-16,22-25,27,32-33,37,43,47,51,54,64H,6-12,17-21,26,28-31H2,1-5H3/t32?,33?,37-,43-,47?,51-/m0/s1. The molecule has 0 bridgehead atoms. The number of fused-ring (bicyclic) bond motifs is 4. The van der Waals surface area contributed by atoms with E-state index in [9.17, 15) is 33.9 Å². The molecule has 5 aliphatic heterocycles. The maximum atomic E-state index is 14.1. The Morgan fingerprint density at radius 3 is 2.27 bits per heavy atom. The van der Waals surface area contributed by atoms with Crippen LogP contribution in [-0.2, 0) is 25.7 Å². The number of aliphatic hydroxyl groups is 1. The zero-order valence-electron chi connectivity index (χ0n) is 41.4. The van der Waals surface area contributed by atoms with Gasteiger partial charge in [0.2, 0.25) is 11.8 Å². The van der Waals surface area contributed by atoms with Gasteiger partial charge in [-0.3, -0.25) is 33.9 Å². The zero-order valence-corrected chi connectivity index (χ0v) is 42.2. The molecule has 0 aliphatic carbocycles. The third kappa shape index (κ3) is 11.6. The summed E-state index contributed by atoms with van der Waals surface area (Å²) in [6, 6.07) is 13.4. The fraction of sp³-hybridized carbons (Fsp3) is 0.528. The van der Waals surface area contributed by atoms with E-state index in [-0.39, 0.29) is 77.4 Å². The van der Waals surface area contributed by atoms with Crippen molar-refractivity contribution in [2.75, 3.05) is 63.0 Å². The molecule has 3 aromatic rings. The number of ketones is 1. The number of ether oxygens (including phenoxy) is 4. The summed E-state index contributed by atoms with van der Waals surface area (Å²) in [4.78, 5) is 89.3. The van der Waals surface area contributed by atoms with Crippen LogP contribution >= 0.6 is 11.8 Å². The lowest BCUT2D eigenvalue weighted by atomic mass is 10.0. The summed E-state index contributed by atoms with van der Waals surface area (Å²) in [5, 5.41) is 14.7. The van der Waals surface area contributed by atoms with Crippen LogP contribution in [0.2, 0.25) is 0 Å². The molecule has 3 aromatic carbocycles. The Bertz CT molecular complexity index is 2520. The fourth-order valence-electron chi connectivity index (χ4n) is 10.2. The molecule has 0 radical (unpaired) electrons. The minimum absolute atomic E-state index is 0.0141. The van der Waals surface area contributed by atoms with Crippen LogP contribution in [0.1, 0.15) is 110 Å². The first-order valence-corrected chi connectivity index (χ1v) is 26.2. The van der Waals surface area contributed by atoms with Gasteiger partial charge in [0.05, 0.1) is 66.7 Å². The van der Waals surface area contributed by atoms with E-state index in [1.807, 2.05) is 31.2 Å². The van der Waals surface area contributed by atoms with E-state index in [2.05, 4.69) is 17.2 Å². The van der Waals surface area contributed by atoms with Crippen molar-refractivity contribution < 1.29 is 52.8 Å². The molecular formula is C53H66N6O11S. The Morgan fingerprint density at radius 2 is 1.54 bits per heavy atom. The van der Waals surface area contributed by atoms with E-state index in [1.165, 1.54) is 21.6 Å². The number of nitrogens with one attached hydrogen (secondary N) is 1. The molecule has 71 heavy (non-hydrogen) atoms. The van der Waals surface area contributed by atoms with Gasteiger partial charge in [0, 0.05) is 56.5 Å². The van der Waals surface area contributed by atoms with Crippen molar-refractivity contribution in [3.63, 3.8) is 0 Å². The number of thioether (sulfide) groups is 1. The molecule has 3 fully saturated rings. The Kier molecular flexibility index (Phi) is 16.6. The number of methoxy groups -OCH3 is 1. The molecule has 17 nitrogen and oxygen atoms in total. The van der Waals surface area contributed by atoms with Crippen LogP contribution in [0.15, 0.2) is 53.5 Å². The largest absolute Gasteiger partial charge is 0.493 e. The van der Waals surface area contributed by atoms with Gasteiger partial charge in [-0.25, -0.2) is 9.69 Å². The quantitative estimate of drug-likeness (QED) is 0.0785. The van der Waals surface area contributed by atoms with Gasteiger partial charge in [0.25, 0.3) is 11.8 Å². The van der Waals surface area contributed by atoms with Crippen LogP contribution in [0, 0.1) is 18.8 Å². The number of hydrogen-bond acceptors (Lipinski definition) is 14. The van der Waals surface area contributed by atoms with Gasteiger partial charge in [-0.15, -0.1) is 0 Å². The summed E-state index contributed by atoms with van der Waals surface area (Å²) in [5.74, 6) is 1.50. The Labute approximate surface area is 419 Å². The fourth-order valence-corrected chi connectivity index (χ4v) is 10.8. The second-order valence-corrected chi connectivity index (χ2v) is 20.5. The van der Waals surface area contributed by atoms with Crippen molar-refractivity contribution in [1.82, 2.24) is 14.7 Å². The van der Waals surface area contributed by atoms with Crippen LogP contribution in [0.4, 0.5) is 21.9 Å². The number of unbranched alkanes of at least 4 members (excludes halogenated alkanes) is 4. The summed E-state index contributed by atoms with van der Waals surface area (Å²) < 4.78 is 23.8. The zero-order chi connectivity index (χ0) is 50.3. The maximum Gasteiger partial charge on any atom is 0.416 e. The molecule has 8 rings (SSSR count). The number of imide groups is 1. The number of aryl methyl sites for hydroxylation is 1. The van der Waals surface area contributed by atoms with Crippen LogP contribution < -0.4 is 24.4 Å². The Hall–Kier alpha value is -6.14. The molecule has 0 spiro atoms. The highest BCUT2D eigenvalue weighted by Crippen LogP contribution is 2.41. The minimum atomic E-state index is -1.37. The SMILES string of the molecule is COc1cc2c(cc1OCCCCCOc1cc3c(cc1C)C(=O)N1CC(C)C[C@H]1[C@H](O)N3C(=O)OCc1ccc(NCC(=O)CCCCCN3C(=O)CC(SC)C3=O)cc1)N=C[C@@H]1CC(C)CN1C2=O. The molecule has 3 saturated heterocycles.